The number of pyridine rings is 1. The first-order chi connectivity index (χ1) is 11.2. The molecule has 0 saturated carbocycles. The van der Waals surface area contributed by atoms with E-state index in [1.807, 2.05) is 44.2 Å². The molecule has 0 radical (unpaired) electrons. The van der Waals surface area contributed by atoms with Gasteiger partial charge in [0.25, 0.3) is 0 Å². The van der Waals surface area contributed by atoms with Gasteiger partial charge in [0.2, 0.25) is 0 Å². The van der Waals surface area contributed by atoms with Crippen LogP contribution in [0.3, 0.4) is 0 Å². The number of H-pyrrole nitrogens is 1. The lowest BCUT2D eigenvalue weighted by molar-refractivity contribution is 0.243. The number of anilines is 1. The van der Waals surface area contributed by atoms with Gasteiger partial charge in [0.15, 0.2) is 0 Å². The van der Waals surface area contributed by atoms with Crippen LogP contribution in [0.25, 0.3) is 22.2 Å². The summed E-state index contributed by atoms with van der Waals surface area (Å²) in [6.07, 6.45) is 1.85. The number of nitrogens with zero attached hydrogens (tertiary/aromatic N) is 2. The highest BCUT2D eigenvalue weighted by Gasteiger charge is 2.11. The number of ether oxygens (including phenoxy) is 1. The largest absolute Gasteiger partial charge is 0.491 e. The molecule has 120 valence electrons. The van der Waals surface area contributed by atoms with E-state index in [4.69, 9.17) is 9.84 Å². The number of aliphatic hydroxyl groups is 1. The second-order valence-electron chi connectivity index (χ2n) is 5.53. The fourth-order valence-corrected chi connectivity index (χ4v) is 2.42. The number of aromatic amines is 1. The van der Waals surface area contributed by atoms with Gasteiger partial charge in [-0.2, -0.15) is 5.10 Å². The molecule has 3 rings (SSSR count). The quantitative estimate of drug-likeness (QED) is 0.652. The maximum atomic E-state index is 8.90. The third kappa shape index (κ3) is 3.43. The minimum atomic E-state index is 0.0626. The molecule has 0 aliphatic carbocycles. The Hall–Kier alpha value is -2.60. The molecule has 6 heteroatoms. The molecular formula is C17H20N4O2. The Morgan fingerprint density at radius 3 is 2.91 bits per heavy atom. The van der Waals surface area contributed by atoms with Gasteiger partial charge in [0, 0.05) is 23.7 Å². The van der Waals surface area contributed by atoms with Crippen LogP contribution in [0, 0.1) is 0 Å². The van der Waals surface area contributed by atoms with Gasteiger partial charge in [-0.25, -0.2) is 4.98 Å². The first-order valence-electron chi connectivity index (χ1n) is 7.63. The Morgan fingerprint density at radius 1 is 1.26 bits per heavy atom. The highest BCUT2D eigenvalue weighted by atomic mass is 16.5. The molecule has 0 aliphatic heterocycles. The van der Waals surface area contributed by atoms with Crippen LogP contribution in [0.5, 0.6) is 5.75 Å². The summed E-state index contributed by atoms with van der Waals surface area (Å²) in [5.74, 6) is 1.53. The minimum Gasteiger partial charge on any atom is -0.491 e. The van der Waals surface area contributed by atoms with Crippen molar-refractivity contribution in [3.05, 3.63) is 36.5 Å². The molecule has 0 saturated heterocycles. The summed E-state index contributed by atoms with van der Waals surface area (Å²) in [6.45, 7) is 4.53. The molecule has 0 aliphatic rings. The molecule has 3 aromatic rings. The van der Waals surface area contributed by atoms with E-state index < -0.39 is 0 Å². The standard InChI is InChI=1S/C17H20N4O2/c1-11(2)23-13-3-4-15-14(10-13)17(21-20-15)12-5-6-18-16(9-12)19-7-8-22/h3-6,9-11,22H,7-8H2,1-2H3,(H,18,19)(H,20,21). The Morgan fingerprint density at radius 2 is 2.13 bits per heavy atom. The zero-order chi connectivity index (χ0) is 16.2. The molecule has 1 aromatic carbocycles. The van der Waals surface area contributed by atoms with Crippen LogP contribution in [0.15, 0.2) is 36.5 Å². The van der Waals surface area contributed by atoms with E-state index in [-0.39, 0.29) is 12.7 Å². The average molecular weight is 312 g/mol. The number of nitrogens with one attached hydrogen (secondary N) is 2. The first-order valence-corrected chi connectivity index (χ1v) is 7.63. The highest BCUT2D eigenvalue weighted by Crippen LogP contribution is 2.30. The molecule has 0 atom stereocenters. The van der Waals surface area contributed by atoms with Crippen LogP contribution < -0.4 is 10.1 Å². The summed E-state index contributed by atoms with van der Waals surface area (Å²) in [4.78, 5) is 4.24. The summed E-state index contributed by atoms with van der Waals surface area (Å²) in [5.41, 5.74) is 2.76. The summed E-state index contributed by atoms with van der Waals surface area (Å²) < 4.78 is 5.77. The summed E-state index contributed by atoms with van der Waals surface area (Å²) in [6, 6.07) is 9.73. The second kappa shape index (κ2) is 6.66. The number of benzene rings is 1. The van der Waals surface area contributed by atoms with Gasteiger partial charge in [-0.05, 0) is 44.2 Å². The van der Waals surface area contributed by atoms with Crippen molar-refractivity contribution in [2.75, 3.05) is 18.5 Å². The first kappa shape index (κ1) is 15.3. The molecule has 0 unspecified atom stereocenters. The van der Waals surface area contributed by atoms with Gasteiger partial charge in [0.1, 0.15) is 17.3 Å². The SMILES string of the molecule is CC(C)Oc1ccc2[nH]nc(-c3ccnc(NCCO)c3)c2c1. The number of fused-ring (bicyclic) bond motifs is 1. The number of rotatable bonds is 6. The zero-order valence-electron chi connectivity index (χ0n) is 13.2. The van der Waals surface area contributed by atoms with Crippen LogP contribution in [-0.2, 0) is 0 Å². The number of hydrogen-bond acceptors (Lipinski definition) is 5. The van der Waals surface area contributed by atoms with Gasteiger partial charge < -0.3 is 15.2 Å². The van der Waals surface area contributed by atoms with Crippen LogP contribution in [-0.4, -0.2) is 39.5 Å². The Bertz CT molecular complexity index is 798. The van der Waals surface area contributed by atoms with Crippen molar-refractivity contribution in [3.63, 3.8) is 0 Å². The van der Waals surface area contributed by atoms with Crippen LogP contribution >= 0.6 is 0 Å². The van der Waals surface area contributed by atoms with Gasteiger partial charge >= 0.3 is 0 Å². The van der Waals surface area contributed by atoms with Crippen LogP contribution in [0.2, 0.25) is 0 Å². The van der Waals surface area contributed by atoms with E-state index in [1.165, 1.54) is 0 Å². The van der Waals surface area contributed by atoms with Crippen molar-refractivity contribution in [2.24, 2.45) is 0 Å². The van der Waals surface area contributed by atoms with Crippen LogP contribution in [0.1, 0.15) is 13.8 Å². The van der Waals surface area contributed by atoms with Crippen molar-refractivity contribution in [2.45, 2.75) is 20.0 Å². The molecule has 0 fully saturated rings. The maximum absolute atomic E-state index is 8.90. The summed E-state index contributed by atoms with van der Waals surface area (Å²) >= 11 is 0. The van der Waals surface area contributed by atoms with Gasteiger partial charge in [-0.1, -0.05) is 0 Å². The van der Waals surface area contributed by atoms with Gasteiger partial charge in [0.05, 0.1) is 18.2 Å². The van der Waals surface area contributed by atoms with E-state index in [0.717, 1.165) is 27.9 Å². The summed E-state index contributed by atoms with van der Waals surface area (Å²) in [7, 11) is 0. The number of aromatic nitrogens is 3. The van der Waals surface area contributed by atoms with Crippen molar-refractivity contribution in [1.82, 2.24) is 15.2 Å². The predicted octanol–water partition coefficient (Wildman–Crippen LogP) is 2.82. The van der Waals surface area contributed by atoms with E-state index in [2.05, 4.69) is 20.5 Å². The van der Waals surface area contributed by atoms with Crippen LogP contribution in [0.4, 0.5) is 5.82 Å². The van der Waals surface area contributed by atoms with Crippen molar-refractivity contribution in [1.29, 1.82) is 0 Å². The predicted molar refractivity (Wildman–Crippen MR) is 90.7 cm³/mol. The zero-order valence-corrected chi connectivity index (χ0v) is 13.2. The molecule has 3 N–H and O–H groups in total. The normalized spacial score (nSPS) is 11.1. The van der Waals surface area contributed by atoms with Crippen molar-refractivity contribution in [3.8, 4) is 17.0 Å². The molecule has 0 bridgehead atoms. The van der Waals surface area contributed by atoms with E-state index in [0.29, 0.717) is 12.4 Å². The second-order valence-corrected chi connectivity index (χ2v) is 5.53. The third-order valence-corrected chi connectivity index (χ3v) is 3.36. The average Bonchev–Trinajstić information content (AvgIpc) is 2.96. The molecule has 23 heavy (non-hydrogen) atoms. The topological polar surface area (TPSA) is 83.1 Å². The third-order valence-electron chi connectivity index (χ3n) is 3.36. The maximum Gasteiger partial charge on any atom is 0.126 e. The molecule has 2 heterocycles. The smallest absolute Gasteiger partial charge is 0.126 e. The van der Waals surface area contributed by atoms with Crippen molar-refractivity contribution < 1.29 is 9.84 Å². The highest BCUT2D eigenvalue weighted by molar-refractivity contribution is 5.94. The Kier molecular flexibility index (Phi) is 4.43. The van der Waals surface area contributed by atoms with Gasteiger partial charge in [-0.15, -0.1) is 0 Å². The lowest BCUT2D eigenvalue weighted by Gasteiger charge is -2.09. The van der Waals surface area contributed by atoms with E-state index in [1.54, 1.807) is 6.20 Å². The lowest BCUT2D eigenvalue weighted by atomic mass is 10.1. The summed E-state index contributed by atoms with van der Waals surface area (Å²) in [5, 5.41) is 20.4. The molecule has 6 nitrogen and oxygen atoms in total. The van der Waals surface area contributed by atoms with Crippen molar-refractivity contribution >= 4 is 16.7 Å². The molecule has 0 amide bonds. The van der Waals surface area contributed by atoms with Gasteiger partial charge in [-0.3, -0.25) is 5.10 Å². The number of hydrogen-bond donors (Lipinski definition) is 3. The van der Waals surface area contributed by atoms with E-state index >= 15 is 0 Å². The molecular weight excluding hydrogens is 292 g/mol. The van der Waals surface area contributed by atoms with E-state index in [9.17, 15) is 0 Å². The Labute approximate surface area is 134 Å². The lowest BCUT2D eigenvalue weighted by Crippen LogP contribution is -2.06. The number of aliphatic hydroxyl groups excluding tert-OH is 1. The minimum absolute atomic E-state index is 0.0626. The fourth-order valence-electron chi connectivity index (χ4n) is 2.42. The molecule has 2 aromatic heterocycles. The fraction of sp³-hybridized carbons (Fsp3) is 0.294. The Balaban J connectivity index is 1.98. The molecule has 0 spiro atoms. The monoisotopic (exact) mass is 312 g/mol.